The molecule has 1 aromatic heterocycles. The van der Waals surface area contributed by atoms with Gasteiger partial charge in [0, 0.05) is 6.54 Å². The first-order valence-corrected chi connectivity index (χ1v) is 7.46. The van der Waals surface area contributed by atoms with Crippen LogP contribution < -0.4 is 10.1 Å². The normalized spacial score (nSPS) is 10.7. The van der Waals surface area contributed by atoms with Crippen molar-refractivity contribution in [2.75, 3.05) is 6.54 Å². The second-order valence-corrected chi connectivity index (χ2v) is 5.69. The molecule has 0 radical (unpaired) electrons. The maximum atomic E-state index is 12.9. The van der Waals surface area contributed by atoms with Crippen LogP contribution >= 0.6 is 27.3 Å². The number of halogens is 2. The topological polar surface area (TPSA) is 47.0 Å². The van der Waals surface area contributed by atoms with Gasteiger partial charge < -0.3 is 10.1 Å². The molecule has 1 aromatic carbocycles. The Hall–Kier alpha value is -1.05. The second-order valence-electron chi connectivity index (χ2n) is 3.82. The van der Waals surface area contributed by atoms with E-state index in [1.54, 1.807) is 6.07 Å². The lowest BCUT2D eigenvalue weighted by molar-refractivity contribution is 0.468. The van der Waals surface area contributed by atoms with Crippen molar-refractivity contribution in [1.82, 2.24) is 15.5 Å². The largest absolute Gasteiger partial charge is 0.429 e. The average molecular weight is 346 g/mol. The highest BCUT2D eigenvalue weighted by molar-refractivity contribution is 9.10. The molecule has 0 spiro atoms. The lowest BCUT2D eigenvalue weighted by Crippen LogP contribution is -2.13. The van der Waals surface area contributed by atoms with Crippen LogP contribution in [0.25, 0.3) is 0 Å². The molecule has 0 unspecified atom stereocenters. The number of hydrogen-bond donors (Lipinski definition) is 1. The summed E-state index contributed by atoms with van der Waals surface area (Å²) in [6, 6.07) is 4.24. The first-order valence-electron chi connectivity index (χ1n) is 5.85. The van der Waals surface area contributed by atoms with E-state index in [0.717, 1.165) is 18.0 Å². The van der Waals surface area contributed by atoms with Crippen LogP contribution in [0.1, 0.15) is 18.4 Å². The smallest absolute Gasteiger partial charge is 0.299 e. The first kappa shape index (κ1) is 14.4. The van der Waals surface area contributed by atoms with Gasteiger partial charge in [-0.25, -0.2) is 4.39 Å². The highest BCUT2D eigenvalue weighted by atomic mass is 79.9. The van der Waals surface area contributed by atoms with E-state index < -0.39 is 0 Å². The van der Waals surface area contributed by atoms with Gasteiger partial charge in [0.1, 0.15) is 16.6 Å². The zero-order valence-electron chi connectivity index (χ0n) is 10.3. The Balaban J connectivity index is 1.99. The monoisotopic (exact) mass is 345 g/mol. The van der Waals surface area contributed by atoms with Crippen molar-refractivity contribution in [3.63, 3.8) is 0 Å². The Labute approximate surface area is 123 Å². The molecule has 0 bridgehead atoms. The summed E-state index contributed by atoms with van der Waals surface area (Å²) in [5, 5.41) is 12.5. The second kappa shape index (κ2) is 6.93. The van der Waals surface area contributed by atoms with Crippen molar-refractivity contribution in [2.45, 2.75) is 19.9 Å². The number of nitrogens with zero attached hydrogens (tertiary/aromatic N) is 2. The van der Waals surface area contributed by atoms with Crippen molar-refractivity contribution in [2.24, 2.45) is 0 Å². The van der Waals surface area contributed by atoms with E-state index in [9.17, 15) is 4.39 Å². The van der Waals surface area contributed by atoms with E-state index in [2.05, 4.69) is 38.4 Å². The molecular formula is C12H13BrFN3OS. The van der Waals surface area contributed by atoms with E-state index in [1.165, 1.54) is 23.5 Å². The predicted molar refractivity (Wildman–Crippen MR) is 76.1 cm³/mol. The van der Waals surface area contributed by atoms with Gasteiger partial charge in [0.05, 0.1) is 4.47 Å². The fourth-order valence-electron chi connectivity index (χ4n) is 1.38. The van der Waals surface area contributed by atoms with Gasteiger partial charge in [0.25, 0.3) is 5.19 Å². The highest BCUT2D eigenvalue weighted by Crippen LogP contribution is 2.31. The van der Waals surface area contributed by atoms with E-state index in [4.69, 9.17) is 4.74 Å². The van der Waals surface area contributed by atoms with Crippen LogP contribution in [0.4, 0.5) is 4.39 Å². The molecular weight excluding hydrogens is 333 g/mol. The van der Waals surface area contributed by atoms with E-state index in [0.29, 0.717) is 22.0 Å². The highest BCUT2D eigenvalue weighted by Gasteiger charge is 2.09. The minimum atomic E-state index is -0.319. The van der Waals surface area contributed by atoms with Crippen molar-refractivity contribution >= 4 is 27.3 Å². The summed E-state index contributed by atoms with van der Waals surface area (Å²) >= 11 is 4.61. The molecule has 1 heterocycles. The molecule has 2 rings (SSSR count). The van der Waals surface area contributed by atoms with Gasteiger partial charge in [-0.2, -0.15) is 0 Å². The molecule has 0 amide bonds. The number of aromatic nitrogens is 2. The van der Waals surface area contributed by atoms with Crippen molar-refractivity contribution in [3.05, 3.63) is 33.5 Å². The van der Waals surface area contributed by atoms with Crippen molar-refractivity contribution in [1.29, 1.82) is 0 Å². The zero-order chi connectivity index (χ0) is 13.7. The number of ether oxygens (including phenoxy) is 1. The Morgan fingerprint density at radius 3 is 3.00 bits per heavy atom. The molecule has 0 saturated heterocycles. The minimum Gasteiger partial charge on any atom is -0.429 e. The summed E-state index contributed by atoms with van der Waals surface area (Å²) in [6.07, 6.45) is 1.07. The fraction of sp³-hybridized carbons (Fsp3) is 0.333. The Bertz CT molecular complexity index is 550. The molecule has 0 aliphatic carbocycles. The van der Waals surface area contributed by atoms with Crippen LogP contribution in [0.3, 0.4) is 0 Å². The molecule has 0 saturated carbocycles. The van der Waals surface area contributed by atoms with Crippen molar-refractivity contribution < 1.29 is 9.13 Å². The molecule has 0 aliphatic rings. The van der Waals surface area contributed by atoms with Gasteiger partial charge in [-0.05, 0) is 47.1 Å². The van der Waals surface area contributed by atoms with Gasteiger partial charge in [0.15, 0.2) is 0 Å². The Morgan fingerprint density at radius 1 is 1.42 bits per heavy atom. The molecule has 0 atom stereocenters. The average Bonchev–Trinajstić information content (AvgIpc) is 2.81. The molecule has 0 fully saturated rings. The molecule has 102 valence electrons. The van der Waals surface area contributed by atoms with Crippen LogP contribution in [0.15, 0.2) is 22.7 Å². The Kier molecular flexibility index (Phi) is 5.24. The van der Waals surface area contributed by atoms with Gasteiger partial charge in [0.2, 0.25) is 0 Å². The maximum Gasteiger partial charge on any atom is 0.299 e. The molecule has 7 heteroatoms. The molecule has 4 nitrogen and oxygen atoms in total. The quantitative estimate of drug-likeness (QED) is 0.810. The zero-order valence-corrected chi connectivity index (χ0v) is 12.7. The molecule has 0 aliphatic heterocycles. The summed E-state index contributed by atoms with van der Waals surface area (Å²) in [4.78, 5) is 0. The fourth-order valence-corrected chi connectivity index (χ4v) is 2.48. The maximum absolute atomic E-state index is 12.9. The van der Waals surface area contributed by atoms with E-state index >= 15 is 0 Å². The SMILES string of the molecule is CCCNCc1nnc(Oc2ccc(F)cc2Br)s1. The van der Waals surface area contributed by atoms with Crippen LogP contribution in [0.2, 0.25) is 0 Å². The lowest BCUT2D eigenvalue weighted by Gasteiger charge is -2.03. The van der Waals surface area contributed by atoms with Crippen LogP contribution in [-0.4, -0.2) is 16.7 Å². The minimum absolute atomic E-state index is 0.319. The van der Waals surface area contributed by atoms with Crippen LogP contribution in [-0.2, 0) is 6.54 Å². The van der Waals surface area contributed by atoms with Gasteiger partial charge >= 0.3 is 0 Å². The summed E-state index contributed by atoms with van der Waals surface area (Å²) in [5.41, 5.74) is 0. The van der Waals surface area contributed by atoms with Gasteiger partial charge in [-0.15, -0.1) is 5.10 Å². The molecule has 19 heavy (non-hydrogen) atoms. The third-order valence-corrected chi connectivity index (χ3v) is 3.66. The summed E-state index contributed by atoms with van der Waals surface area (Å²) in [7, 11) is 0. The first-order chi connectivity index (χ1) is 9.19. The summed E-state index contributed by atoms with van der Waals surface area (Å²) < 4.78 is 19.0. The summed E-state index contributed by atoms with van der Waals surface area (Å²) in [5.74, 6) is 0.201. The lowest BCUT2D eigenvalue weighted by atomic mass is 10.3. The Morgan fingerprint density at radius 2 is 2.26 bits per heavy atom. The number of nitrogens with one attached hydrogen (secondary N) is 1. The third kappa shape index (κ3) is 4.22. The molecule has 1 N–H and O–H groups in total. The van der Waals surface area contributed by atoms with Gasteiger partial charge in [-0.3, -0.25) is 0 Å². The van der Waals surface area contributed by atoms with Crippen LogP contribution in [0.5, 0.6) is 10.9 Å². The van der Waals surface area contributed by atoms with E-state index in [1.807, 2.05) is 0 Å². The van der Waals surface area contributed by atoms with E-state index in [-0.39, 0.29) is 5.82 Å². The summed E-state index contributed by atoms with van der Waals surface area (Å²) in [6.45, 7) is 3.73. The molecule has 2 aromatic rings. The standard InChI is InChI=1S/C12H13BrFN3OS/c1-2-5-15-7-11-16-17-12(19-11)18-10-4-3-8(14)6-9(10)13/h3-4,6,15H,2,5,7H2,1H3. The predicted octanol–water partition coefficient (Wildman–Crippen LogP) is 3.73. The third-order valence-electron chi connectivity index (χ3n) is 2.24. The van der Waals surface area contributed by atoms with Crippen LogP contribution in [0, 0.1) is 5.82 Å². The van der Waals surface area contributed by atoms with Crippen molar-refractivity contribution in [3.8, 4) is 10.9 Å². The van der Waals surface area contributed by atoms with Gasteiger partial charge in [-0.1, -0.05) is 23.4 Å². The number of rotatable bonds is 6. The number of hydrogen-bond acceptors (Lipinski definition) is 5. The number of benzene rings is 1.